The highest BCUT2D eigenvalue weighted by Crippen LogP contribution is 2.37. The Kier molecular flexibility index (Phi) is 3.16. The van der Waals surface area contributed by atoms with Crippen molar-refractivity contribution >= 4 is 0 Å². The van der Waals surface area contributed by atoms with Gasteiger partial charge in [0.1, 0.15) is 0 Å². The van der Waals surface area contributed by atoms with Crippen molar-refractivity contribution in [2.45, 2.75) is 39.5 Å². The lowest BCUT2D eigenvalue weighted by Gasteiger charge is -2.31. The molecule has 0 spiro atoms. The summed E-state index contributed by atoms with van der Waals surface area (Å²) in [6, 6.07) is 0. The van der Waals surface area contributed by atoms with Crippen molar-refractivity contribution < 1.29 is 0 Å². The fourth-order valence-corrected chi connectivity index (χ4v) is 3.71. The zero-order chi connectivity index (χ0) is 10.1. The maximum absolute atomic E-state index is 2.57. The third-order valence-electron chi connectivity index (χ3n) is 4.36. The molecule has 2 fully saturated rings. The zero-order valence-electron chi connectivity index (χ0n) is 10.00. The minimum absolute atomic E-state index is 0.918. The van der Waals surface area contributed by atoms with Gasteiger partial charge in [0.05, 0.1) is 0 Å². The second-order valence-corrected chi connectivity index (χ2v) is 5.98. The highest BCUT2D eigenvalue weighted by atomic mass is 15.1. The molecule has 14 heavy (non-hydrogen) atoms. The van der Waals surface area contributed by atoms with Gasteiger partial charge >= 0.3 is 0 Å². The maximum atomic E-state index is 2.57. The summed E-state index contributed by atoms with van der Waals surface area (Å²) in [5.41, 5.74) is 0. The van der Waals surface area contributed by atoms with E-state index in [0.29, 0.717) is 0 Å². The Bertz CT molecular complexity index is 188. The second-order valence-electron chi connectivity index (χ2n) is 5.98. The molecule has 1 nitrogen and oxygen atoms in total. The molecule has 0 radical (unpaired) electrons. The number of likely N-dealkylation sites (tertiary alicyclic amines) is 1. The van der Waals surface area contributed by atoms with Gasteiger partial charge in [-0.3, -0.25) is 0 Å². The van der Waals surface area contributed by atoms with E-state index in [1.807, 2.05) is 0 Å². The van der Waals surface area contributed by atoms with Crippen LogP contribution in [0.15, 0.2) is 0 Å². The van der Waals surface area contributed by atoms with Crippen LogP contribution in [0.5, 0.6) is 0 Å². The van der Waals surface area contributed by atoms with Crippen LogP contribution in [0.4, 0.5) is 0 Å². The lowest BCUT2D eigenvalue weighted by Crippen LogP contribution is -2.33. The van der Waals surface area contributed by atoms with E-state index >= 15 is 0 Å². The molecule has 0 amide bonds. The molecule has 82 valence electrons. The molecule has 0 aromatic rings. The lowest BCUT2D eigenvalue weighted by atomic mass is 9.84. The molecule has 1 saturated heterocycles. The van der Waals surface area contributed by atoms with Crippen LogP contribution in [0.2, 0.25) is 0 Å². The molecule has 0 N–H and O–H groups in total. The van der Waals surface area contributed by atoms with E-state index in [2.05, 4.69) is 25.8 Å². The molecule has 4 unspecified atom stereocenters. The molecular weight excluding hydrogens is 170 g/mol. The quantitative estimate of drug-likeness (QED) is 0.574. The van der Waals surface area contributed by atoms with E-state index in [4.69, 9.17) is 0 Å². The summed E-state index contributed by atoms with van der Waals surface area (Å²) in [6.07, 6.45) is 5.97. The van der Waals surface area contributed by atoms with Crippen LogP contribution < -0.4 is 0 Å². The van der Waals surface area contributed by atoms with Gasteiger partial charge in [-0.1, -0.05) is 13.8 Å². The molecular formula is C13H25N. The molecule has 2 aliphatic rings. The molecule has 1 aliphatic carbocycles. The van der Waals surface area contributed by atoms with Gasteiger partial charge in [-0.2, -0.15) is 0 Å². The van der Waals surface area contributed by atoms with E-state index < -0.39 is 0 Å². The summed E-state index contributed by atoms with van der Waals surface area (Å²) in [5, 5.41) is 0. The summed E-state index contributed by atoms with van der Waals surface area (Å²) in [6.45, 7) is 7.60. The molecule has 4 atom stereocenters. The van der Waals surface area contributed by atoms with Crippen LogP contribution in [-0.2, 0) is 0 Å². The molecule has 2 rings (SSSR count). The average molecular weight is 195 g/mol. The Balaban J connectivity index is 2.11. The number of nitrogens with zero attached hydrogens (tertiary/aromatic N) is 1. The number of fused-ring (bicyclic) bond motifs is 3. The standard InChI is InChI=1S/C13H25N/c1-10-6-12-4-5-13(7-10)11(2)8-14(3)9-12/h10-13H,4-9H2,1-3H3. The minimum atomic E-state index is 0.918. The molecule has 1 aliphatic heterocycles. The normalized spacial score (nSPS) is 45.6. The summed E-state index contributed by atoms with van der Waals surface area (Å²) >= 11 is 0. The van der Waals surface area contributed by atoms with Gasteiger partial charge in [0, 0.05) is 13.1 Å². The van der Waals surface area contributed by atoms with E-state index in [1.54, 1.807) is 0 Å². The van der Waals surface area contributed by atoms with Crippen molar-refractivity contribution in [2.24, 2.45) is 23.7 Å². The third-order valence-corrected chi connectivity index (χ3v) is 4.36. The Labute approximate surface area is 88.9 Å². The van der Waals surface area contributed by atoms with Crippen molar-refractivity contribution in [3.63, 3.8) is 0 Å². The van der Waals surface area contributed by atoms with Gasteiger partial charge in [0.2, 0.25) is 0 Å². The molecule has 1 heteroatoms. The van der Waals surface area contributed by atoms with Gasteiger partial charge in [-0.15, -0.1) is 0 Å². The molecule has 2 bridgehead atoms. The number of rotatable bonds is 0. The summed E-state index contributed by atoms with van der Waals surface area (Å²) in [5.74, 6) is 3.90. The predicted molar refractivity (Wildman–Crippen MR) is 61.3 cm³/mol. The van der Waals surface area contributed by atoms with Crippen LogP contribution in [0.3, 0.4) is 0 Å². The monoisotopic (exact) mass is 195 g/mol. The van der Waals surface area contributed by atoms with Crippen molar-refractivity contribution in [2.75, 3.05) is 20.1 Å². The Morgan fingerprint density at radius 2 is 1.79 bits per heavy atom. The SMILES string of the molecule is CC1CC2CCC(C1)C(C)CN(C)C2. The highest BCUT2D eigenvalue weighted by Gasteiger charge is 2.30. The van der Waals surface area contributed by atoms with Gasteiger partial charge in [-0.25, -0.2) is 0 Å². The maximum Gasteiger partial charge on any atom is 0.000682 e. The zero-order valence-corrected chi connectivity index (χ0v) is 10.00. The van der Waals surface area contributed by atoms with Gasteiger partial charge in [-0.05, 0) is 56.4 Å². The summed E-state index contributed by atoms with van der Waals surface area (Å²) in [4.78, 5) is 2.57. The first-order valence-corrected chi connectivity index (χ1v) is 6.33. The van der Waals surface area contributed by atoms with Gasteiger partial charge in [0.25, 0.3) is 0 Å². The summed E-state index contributed by atoms with van der Waals surface area (Å²) < 4.78 is 0. The van der Waals surface area contributed by atoms with Crippen LogP contribution in [0, 0.1) is 23.7 Å². The lowest BCUT2D eigenvalue weighted by molar-refractivity contribution is 0.173. The highest BCUT2D eigenvalue weighted by molar-refractivity contribution is 4.82. The van der Waals surface area contributed by atoms with E-state index in [0.717, 1.165) is 23.7 Å². The van der Waals surface area contributed by atoms with Crippen LogP contribution in [0.1, 0.15) is 39.5 Å². The van der Waals surface area contributed by atoms with Crippen LogP contribution in [0.25, 0.3) is 0 Å². The number of hydrogen-bond donors (Lipinski definition) is 0. The Morgan fingerprint density at radius 3 is 2.57 bits per heavy atom. The summed E-state index contributed by atoms with van der Waals surface area (Å²) in [7, 11) is 2.31. The van der Waals surface area contributed by atoms with Crippen molar-refractivity contribution in [3.8, 4) is 0 Å². The fourth-order valence-electron chi connectivity index (χ4n) is 3.71. The van der Waals surface area contributed by atoms with Crippen LogP contribution >= 0.6 is 0 Å². The van der Waals surface area contributed by atoms with E-state index in [9.17, 15) is 0 Å². The first-order chi connectivity index (χ1) is 6.65. The van der Waals surface area contributed by atoms with Crippen molar-refractivity contribution in [1.29, 1.82) is 0 Å². The minimum Gasteiger partial charge on any atom is -0.306 e. The van der Waals surface area contributed by atoms with E-state index in [-0.39, 0.29) is 0 Å². The third kappa shape index (κ3) is 2.31. The first kappa shape index (κ1) is 10.5. The second kappa shape index (κ2) is 4.22. The number of hydrogen-bond acceptors (Lipinski definition) is 1. The molecule has 1 saturated carbocycles. The van der Waals surface area contributed by atoms with Crippen molar-refractivity contribution in [3.05, 3.63) is 0 Å². The van der Waals surface area contributed by atoms with Gasteiger partial charge in [0.15, 0.2) is 0 Å². The van der Waals surface area contributed by atoms with E-state index in [1.165, 1.54) is 38.8 Å². The predicted octanol–water partition coefficient (Wildman–Crippen LogP) is 3.01. The average Bonchev–Trinajstić information content (AvgIpc) is 2.23. The fraction of sp³-hybridized carbons (Fsp3) is 1.00. The largest absolute Gasteiger partial charge is 0.306 e. The smallest absolute Gasteiger partial charge is 0.000682 e. The Hall–Kier alpha value is -0.0400. The van der Waals surface area contributed by atoms with Crippen molar-refractivity contribution in [1.82, 2.24) is 4.90 Å². The molecule has 0 aromatic carbocycles. The topological polar surface area (TPSA) is 3.24 Å². The first-order valence-electron chi connectivity index (χ1n) is 6.33. The Morgan fingerprint density at radius 1 is 1.00 bits per heavy atom. The molecule has 0 aromatic heterocycles. The van der Waals surface area contributed by atoms with Gasteiger partial charge < -0.3 is 4.90 Å². The van der Waals surface area contributed by atoms with Crippen LogP contribution in [-0.4, -0.2) is 25.0 Å². The molecule has 1 heterocycles.